The van der Waals surface area contributed by atoms with Gasteiger partial charge >= 0.3 is 0 Å². The number of halogens is 1. The highest BCUT2D eigenvalue weighted by Gasteiger charge is 2.19. The fourth-order valence-corrected chi connectivity index (χ4v) is 4.62. The number of thioether (sulfide) groups is 1. The van der Waals surface area contributed by atoms with Gasteiger partial charge in [0, 0.05) is 49.3 Å². The lowest BCUT2D eigenvalue weighted by atomic mass is 10.1. The second kappa shape index (κ2) is 15.5. The Labute approximate surface area is 214 Å². The second-order valence-corrected chi connectivity index (χ2v) is 9.04. The van der Waals surface area contributed by atoms with Crippen LogP contribution in [0.2, 0.25) is 0 Å². The van der Waals surface area contributed by atoms with Crippen molar-refractivity contribution in [2.75, 3.05) is 38.5 Å². The fraction of sp³-hybridized carbons (Fsp3) is 0.609. The molecule has 1 aromatic carbocycles. The van der Waals surface area contributed by atoms with Crippen molar-refractivity contribution in [1.82, 2.24) is 30.3 Å². The number of hydrogen-bond donors (Lipinski definition) is 2. The van der Waals surface area contributed by atoms with E-state index in [0.29, 0.717) is 12.6 Å². The molecule has 1 aromatic heterocycles. The van der Waals surface area contributed by atoms with Crippen molar-refractivity contribution >= 4 is 41.7 Å². The molecule has 0 spiro atoms. The Hall–Kier alpha value is -1.33. The summed E-state index contributed by atoms with van der Waals surface area (Å²) >= 11 is 1.87. The molecule has 0 radical (unpaired) electrons. The number of aliphatic imine (C=N–C) groups is 1. The number of guanidine groups is 1. The first-order chi connectivity index (χ1) is 15.3. The van der Waals surface area contributed by atoms with Gasteiger partial charge < -0.3 is 20.1 Å². The average Bonchev–Trinajstić information content (AvgIpc) is 3.26. The van der Waals surface area contributed by atoms with E-state index >= 15 is 0 Å². The average molecular weight is 572 g/mol. The molecule has 1 aliphatic rings. The molecular weight excluding hydrogens is 533 g/mol. The predicted octanol–water partition coefficient (Wildman–Crippen LogP) is 3.66. The van der Waals surface area contributed by atoms with Crippen molar-refractivity contribution < 1.29 is 0 Å². The Morgan fingerprint density at radius 2 is 1.94 bits per heavy atom. The summed E-state index contributed by atoms with van der Waals surface area (Å²) in [6.45, 7) is 10.3. The summed E-state index contributed by atoms with van der Waals surface area (Å²) in [5.74, 6) is 2.94. The minimum absolute atomic E-state index is 0. The predicted molar refractivity (Wildman–Crippen MR) is 145 cm³/mol. The van der Waals surface area contributed by atoms with Gasteiger partial charge in [-0.25, -0.2) is 0 Å². The van der Waals surface area contributed by atoms with Crippen molar-refractivity contribution in [2.45, 2.75) is 57.0 Å². The molecule has 3 rings (SSSR count). The first-order valence-corrected chi connectivity index (χ1v) is 12.6. The largest absolute Gasteiger partial charge is 0.356 e. The van der Waals surface area contributed by atoms with E-state index in [1.54, 1.807) is 6.33 Å². The Morgan fingerprint density at radius 3 is 2.66 bits per heavy atom. The molecule has 2 aromatic rings. The summed E-state index contributed by atoms with van der Waals surface area (Å²) in [6, 6.07) is 11.0. The molecule has 7 nitrogen and oxygen atoms in total. The van der Waals surface area contributed by atoms with Gasteiger partial charge in [-0.3, -0.25) is 4.99 Å². The van der Waals surface area contributed by atoms with Crippen LogP contribution < -0.4 is 10.6 Å². The SMILES string of the molecule is CCCN1CCC(NC(=NCCn2cnnc2CC)NCCSc2ccccc2)CC1.I. The topological polar surface area (TPSA) is 70.4 Å². The molecule has 0 bridgehead atoms. The van der Waals surface area contributed by atoms with E-state index in [1.165, 1.54) is 43.8 Å². The van der Waals surface area contributed by atoms with Crippen molar-refractivity contribution in [3.05, 3.63) is 42.5 Å². The standard InChI is InChI=1S/C23H37N7S.HI/c1-3-14-29-15-10-20(11-16-29)27-23(24-12-17-30-19-26-28-22(30)4-2)25-13-18-31-21-8-6-5-7-9-21;/h5-9,19-20H,3-4,10-18H2,1-2H3,(H2,24,25,27);1H. The maximum Gasteiger partial charge on any atom is 0.191 e. The van der Waals surface area contributed by atoms with Crippen LogP contribution in [0, 0.1) is 0 Å². The van der Waals surface area contributed by atoms with Crippen molar-refractivity contribution in [3.63, 3.8) is 0 Å². The van der Waals surface area contributed by atoms with E-state index < -0.39 is 0 Å². The highest BCUT2D eigenvalue weighted by atomic mass is 127. The lowest BCUT2D eigenvalue weighted by Crippen LogP contribution is -2.49. The van der Waals surface area contributed by atoms with Gasteiger partial charge in [0.2, 0.25) is 0 Å². The van der Waals surface area contributed by atoms with Gasteiger partial charge in [0.25, 0.3) is 0 Å². The summed E-state index contributed by atoms with van der Waals surface area (Å²) in [4.78, 5) is 8.73. The quantitative estimate of drug-likeness (QED) is 0.141. The van der Waals surface area contributed by atoms with Gasteiger partial charge in [0.15, 0.2) is 5.96 Å². The number of nitrogens with one attached hydrogen (secondary N) is 2. The first-order valence-electron chi connectivity index (χ1n) is 11.6. The Balaban J connectivity index is 0.00000363. The number of likely N-dealkylation sites (tertiary alicyclic amines) is 1. The number of hydrogen-bond acceptors (Lipinski definition) is 5. The lowest BCUT2D eigenvalue weighted by Gasteiger charge is -2.32. The molecule has 178 valence electrons. The zero-order chi connectivity index (χ0) is 21.7. The van der Waals surface area contributed by atoms with Gasteiger partial charge in [-0.1, -0.05) is 32.0 Å². The molecular formula is C23H38IN7S. The minimum atomic E-state index is 0. The summed E-state index contributed by atoms with van der Waals surface area (Å²) in [5, 5.41) is 15.4. The summed E-state index contributed by atoms with van der Waals surface area (Å²) in [6.07, 6.45) is 6.26. The molecule has 1 aliphatic heterocycles. The first kappa shape index (κ1) is 26.9. The molecule has 0 aliphatic carbocycles. The van der Waals surface area contributed by atoms with Crippen LogP contribution in [0.3, 0.4) is 0 Å². The van der Waals surface area contributed by atoms with E-state index in [0.717, 1.165) is 37.0 Å². The molecule has 1 fully saturated rings. The van der Waals surface area contributed by atoms with E-state index in [4.69, 9.17) is 4.99 Å². The molecule has 0 unspecified atom stereocenters. The number of benzene rings is 1. The van der Waals surface area contributed by atoms with E-state index in [2.05, 4.69) is 74.5 Å². The molecule has 0 atom stereocenters. The van der Waals surface area contributed by atoms with Gasteiger partial charge in [0.05, 0.1) is 6.54 Å². The van der Waals surface area contributed by atoms with Crippen LogP contribution in [0.15, 0.2) is 46.5 Å². The highest BCUT2D eigenvalue weighted by Crippen LogP contribution is 2.15. The molecule has 9 heteroatoms. The normalized spacial score (nSPS) is 15.4. The van der Waals surface area contributed by atoms with Crippen LogP contribution in [-0.2, 0) is 13.0 Å². The molecule has 0 amide bonds. The maximum atomic E-state index is 4.86. The van der Waals surface area contributed by atoms with E-state index in [1.807, 2.05) is 11.8 Å². The summed E-state index contributed by atoms with van der Waals surface area (Å²) < 4.78 is 2.09. The monoisotopic (exact) mass is 571 g/mol. The third kappa shape index (κ3) is 9.27. The van der Waals surface area contributed by atoms with E-state index in [-0.39, 0.29) is 24.0 Å². The zero-order valence-electron chi connectivity index (χ0n) is 19.4. The minimum Gasteiger partial charge on any atom is -0.356 e. The van der Waals surface area contributed by atoms with Gasteiger partial charge in [-0.2, -0.15) is 0 Å². The van der Waals surface area contributed by atoms with Gasteiger partial charge in [0.1, 0.15) is 12.2 Å². The Morgan fingerprint density at radius 1 is 1.16 bits per heavy atom. The Bertz CT molecular complexity index is 776. The van der Waals surface area contributed by atoms with Crippen LogP contribution >= 0.6 is 35.7 Å². The fourth-order valence-electron chi connectivity index (χ4n) is 3.83. The number of nitrogens with zero attached hydrogens (tertiary/aromatic N) is 5. The second-order valence-electron chi connectivity index (χ2n) is 7.87. The molecule has 0 saturated carbocycles. The number of rotatable bonds is 11. The summed E-state index contributed by atoms with van der Waals surface area (Å²) in [7, 11) is 0. The lowest BCUT2D eigenvalue weighted by molar-refractivity contribution is 0.206. The molecule has 2 heterocycles. The zero-order valence-corrected chi connectivity index (χ0v) is 22.5. The highest BCUT2D eigenvalue weighted by molar-refractivity contribution is 14.0. The van der Waals surface area contributed by atoms with E-state index in [9.17, 15) is 0 Å². The van der Waals surface area contributed by atoms with Gasteiger partial charge in [-0.05, 0) is 37.9 Å². The van der Waals surface area contributed by atoms with Crippen LogP contribution in [-0.4, -0.2) is 70.1 Å². The molecule has 1 saturated heterocycles. The number of piperidine rings is 1. The van der Waals surface area contributed by atoms with Crippen LogP contribution in [0.5, 0.6) is 0 Å². The van der Waals surface area contributed by atoms with Crippen LogP contribution in [0.1, 0.15) is 38.9 Å². The summed E-state index contributed by atoms with van der Waals surface area (Å²) in [5.41, 5.74) is 0. The van der Waals surface area contributed by atoms with Crippen molar-refractivity contribution in [3.8, 4) is 0 Å². The third-order valence-electron chi connectivity index (χ3n) is 5.50. The smallest absolute Gasteiger partial charge is 0.191 e. The third-order valence-corrected chi connectivity index (χ3v) is 6.51. The molecule has 32 heavy (non-hydrogen) atoms. The Kier molecular flexibility index (Phi) is 13.0. The molecule has 2 N–H and O–H groups in total. The number of aryl methyl sites for hydroxylation is 1. The van der Waals surface area contributed by atoms with Crippen molar-refractivity contribution in [2.24, 2.45) is 4.99 Å². The number of aromatic nitrogens is 3. The van der Waals surface area contributed by atoms with Crippen LogP contribution in [0.4, 0.5) is 0 Å². The van der Waals surface area contributed by atoms with Crippen LogP contribution in [0.25, 0.3) is 0 Å². The van der Waals surface area contributed by atoms with Gasteiger partial charge in [-0.15, -0.1) is 45.9 Å². The van der Waals surface area contributed by atoms with Crippen molar-refractivity contribution in [1.29, 1.82) is 0 Å². The maximum absolute atomic E-state index is 4.86.